The third-order valence-corrected chi connectivity index (χ3v) is 0.603. The number of carbonyl (C=O) groups excluding carboxylic acids is 1. The Balaban J connectivity index is -0.000000245. The zero-order valence-corrected chi connectivity index (χ0v) is 7.92. The molecule has 0 aliphatic carbocycles. The lowest BCUT2D eigenvalue weighted by molar-refractivity contribution is -0.864. The Kier molecular flexibility index (Phi) is 9.54. The summed E-state index contributed by atoms with van der Waals surface area (Å²) in [6.45, 7) is 0.0694. The summed E-state index contributed by atoms with van der Waals surface area (Å²) in [6.07, 6.45) is 0. The molecule has 0 spiro atoms. The number of carbonyl (C=O) groups is 1. The van der Waals surface area contributed by atoms with Gasteiger partial charge in [0.25, 0.3) is 0 Å². The molecule has 0 N–H and O–H groups in total. The zero-order chi connectivity index (χ0) is 6.78. The lowest BCUT2D eigenvalue weighted by Crippen LogP contribution is -2.45. The van der Waals surface area contributed by atoms with Gasteiger partial charge in [0.05, 0.1) is 27.1 Å². The molecule has 0 saturated carbocycles. The van der Waals surface area contributed by atoms with Gasteiger partial charge < -0.3 is 14.4 Å². The summed E-state index contributed by atoms with van der Waals surface area (Å²) in [7, 11) is 5.40. The van der Waals surface area contributed by atoms with E-state index in [4.69, 9.17) is 0 Å². The highest BCUT2D eigenvalue weighted by molar-refractivity contribution is 5.85. The van der Waals surface area contributed by atoms with Gasteiger partial charge in [-0.25, -0.2) is 0 Å². The Morgan fingerprint density at radius 3 is 1.60 bits per heavy atom. The third-order valence-electron chi connectivity index (χ3n) is 0.603. The second kappa shape index (κ2) is 5.77. The Morgan fingerprint density at radius 1 is 1.30 bits per heavy atom. The first-order valence-electron chi connectivity index (χ1n) is 2.42. The normalized spacial score (nSPS) is 9.10. The van der Waals surface area contributed by atoms with Crippen LogP contribution in [0.1, 0.15) is 0 Å². The maximum atomic E-state index is 9.89. The summed E-state index contributed by atoms with van der Waals surface area (Å²) in [6, 6.07) is 0. The second-order valence-electron chi connectivity index (χ2n) is 2.82. The standard InChI is InChI=1S/C5H11NO2.2ClH/c1-6(2,3)4-5(7)8;;/h4H2,1-3H3;2*1H. The molecule has 0 aromatic heterocycles. The molecule has 0 unspecified atom stereocenters. The van der Waals surface area contributed by atoms with E-state index in [1.807, 2.05) is 0 Å². The zero-order valence-electron chi connectivity index (χ0n) is 6.29. The van der Waals surface area contributed by atoms with Gasteiger partial charge in [0.15, 0.2) is 0 Å². The third kappa shape index (κ3) is 15.7. The molecule has 3 nitrogen and oxygen atoms in total. The first kappa shape index (κ1) is 16.5. The number of quaternary nitrogens is 1. The smallest absolute Gasteiger partial charge is 0.118 e. The minimum atomic E-state index is -1.00. The van der Waals surface area contributed by atoms with Gasteiger partial charge in [0.1, 0.15) is 6.54 Å². The highest BCUT2D eigenvalue weighted by atomic mass is 35.5. The van der Waals surface area contributed by atoms with Gasteiger partial charge in [-0.3, -0.25) is 0 Å². The summed E-state index contributed by atoms with van der Waals surface area (Å²) in [4.78, 5) is 9.89. The van der Waals surface area contributed by atoms with Crippen LogP contribution in [0.2, 0.25) is 0 Å². The molecule has 0 atom stereocenters. The van der Waals surface area contributed by atoms with Crippen LogP contribution >= 0.6 is 24.8 Å². The Labute approximate surface area is 73.4 Å². The van der Waals surface area contributed by atoms with Gasteiger partial charge in [-0.1, -0.05) is 0 Å². The molecule has 0 aliphatic heterocycles. The second-order valence-corrected chi connectivity index (χ2v) is 2.82. The molecule has 0 radical (unpaired) electrons. The predicted molar refractivity (Wildman–Crippen MR) is 42.4 cm³/mol. The van der Waals surface area contributed by atoms with E-state index in [0.29, 0.717) is 4.48 Å². The summed E-state index contributed by atoms with van der Waals surface area (Å²) >= 11 is 0. The number of likely N-dealkylation sites (N-methyl/N-ethyl adjacent to an activating group) is 1. The molecular weight excluding hydrogens is 177 g/mol. The summed E-state index contributed by atoms with van der Waals surface area (Å²) < 4.78 is 0.419. The number of halogens is 2. The Morgan fingerprint density at radius 2 is 1.60 bits per heavy atom. The molecular formula is C5H13Cl2NO2. The van der Waals surface area contributed by atoms with Crippen LogP contribution in [0, 0.1) is 0 Å². The van der Waals surface area contributed by atoms with E-state index in [-0.39, 0.29) is 31.4 Å². The Bertz CT molecular complexity index is 100. The topological polar surface area (TPSA) is 40.1 Å². The van der Waals surface area contributed by atoms with Gasteiger partial charge >= 0.3 is 0 Å². The van der Waals surface area contributed by atoms with Gasteiger partial charge in [0.2, 0.25) is 0 Å². The molecule has 10 heavy (non-hydrogen) atoms. The fourth-order valence-electron chi connectivity index (χ4n) is 0.387. The number of nitrogens with zero attached hydrogens (tertiary/aromatic N) is 1. The van der Waals surface area contributed by atoms with Crippen molar-refractivity contribution in [2.24, 2.45) is 0 Å². The van der Waals surface area contributed by atoms with Crippen LogP contribution in [-0.4, -0.2) is 38.1 Å². The van der Waals surface area contributed by atoms with E-state index in [9.17, 15) is 9.90 Å². The maximum absolute atomic E-state index is 9.89. The molecule has 0 bridgehead atoms. The van der Waals surface area contributed by atoms with E-state index in [0.717, 1.165) is 0 Å². The van der Waals surface area contributed by atoms with Gasteiger partial charge in [-0.05, 0) is 0 Å². The molecule has 0 fully saturated rings. The van der Waals surface area contributed by atoms with Crippen molar-refractivity contribution in [1.82, 2.24) is 0 Å². The first-order valence-corrected chi connectivity index (χ1v) is 2.42. The minimum Gasteiger partial charge on any atom is -0.544 e. The number of rotatable bonds is 2. The van der Waals surface area contributed by atoms with E-state index in [1.165, 1.54) is 0 Å². The predicted octanol–water partition coefficient (Wildman–Crippen LogP) is -0.714. The van der Waals surface area contributed by atoms with Crippen LogP contribution in [-0.2, 0) is 4.79 Å². The van der Waals surface area contributed by atoms with Crippen LogP contribution in [0.15, 0.2) is 0 Å². The van der Waals surface area contributed by atoms with Crippen LogP contribution in [0.4, 0.5) is 0 Å². The van der Waals surface area contributed by atoms with Crippen molar-refractivity contribution >= 4 is 30.8 Å². The SMILES string of the molecule is C[N+](C)(C)CC(=O)[O-].Cl.Cl. The fourth-order valence-corrected chi connectivity index (χ4v) is 0.387. The molecule has 5 heteroatoms. The number of carboxylic acids is 1. The first-order chi connectivity index (χ1) is 3.42. The summed E-state index contributed by atoms with van der Waals surface area (Å²) in [5, 5.41) is 9.89. The largest absolute Gasteiger partial charge is 0.544 e. The monoisotopic (exact) mass is 189 g/mol. The van der Waals surface area contributed by atoms with Crippen LogP contribution in [0.5, 0.6) is 0 Å². The molecule has 0 aromatic rings. The van der Waals surface area contributed by atoms with Crippen molar-refractivity contribution in [3.05, 3.63) is 0 Å². The molecule has 0 amide bonds. The lowest BCUT2D eigenvalue weighted by atomic mass is 10.5. The van der Waals surface area contributed by atoms with Gasteiger partial charge in [-0.15, -0.1) is 24.8 Å². The van der Waals surface area contributed by atoms with E-state index in [2.05, 4.69) is 0 Å². The van der Waals surface area contributed by atoms with Crippen molar-refractivity contribution in [3.8, 4) is 0 Å². The van der Waals surface area contributed by atoms with Crippen molar-refractivity contribution < 1.29 is 14.4 Å². The molecule has 64 valence electrons. The highest BCUT2D eigenvalue weighted by Gasteiger charge is 2.04. The van der Waals surface area contributed by atoms with Gasteiger partial charge in [0, 0.05) is 0 Å². The van der Waals surface area contributed by atoms with E-state index in [1.54, 1.807) is 21.1 Å². The fraction of sp³-hybridized carbons (Fsp3) is 0.800. The molecule has 0 aliphatic rings. The van der Waals surface area contributed by atoms with Crippen molar-refractivity contribution in [1.29, 1.82) is 0 Å². The van der Waals surface area contributed by atoms with E-state index < -0.39 is 5.97 Å². The summed E-state index contributed by atoms with van der Waals surface area (Å²) in [5.41, 5.74) is 0. The number of carboxylic acid groups (broad SMARTS) is 1. The Hall–Kier alpha value is 0.01000. The molecule has 0 heterocycles. The van der Waals surface area contributed by atoms with E-state index >= 15 is 0 Å². The average Bonchev–Trinajstić information content (AvgIpc) is 1.21. The average molecular weight is 190 g/mol. The highest BCUT2D eigenvalue weighted by Crippen LogP contribution is 1.84. The van der Waals surface area contributed by atoms with Crippen molar-refractivity contribution in [2.45, 2.75) is 0 Å². The molecule has 0 saturated heterocycles. The minimum absolute atomic E-state index is 0. The maximum Gasteiger partial charge on any atom is 0.118 e. The van der Waals surface area contributed by atoms with Crippen LogP contribution in [0.3, 0.4) is 0 Å². The van der Waals surface area contributed by atoms with Crippen LogP contribution < -0.4 is 5.11 Å². The lowest BCUT2D eigenvalue weighted by Gasteiger charge is -2.23. The molecule has 0 aromatic carbocycles. The number of hydrogen-bond acceptors (Lipinski definition) is 2. The van der Waals surface area contributed by atoms with Crippen molar-refractivity contribution in [2.75, 3.05) is 27.7 Å². The van der Waals surface area contributed by atoms with Crippen molar-refractivity contribution in [3.63, 3.8) is 0 Å². The van der Waals surface area contributed by atoms with Crippen LogP contribution in [0.25, 0.3) is 0 Å². The quantitative estimate of drug-likeness (QED) is 0.539. The number of hydrogen-bond donors (Lipinski definition) is 0. The number of aliphatic carboxylic acids is 1. The molecule has 0 rings (SSSR count). The summed E-state index contributed by atoms with van der Waals surface area (Å²) in [5.74, 6) is -1.00. The van der Waals surface area contributed by atoms with Gasteiger partial charge in [-0.2, -0.15) is 0 Å².